The van der Waals surface area contributed by atoms with Crippen molar-refractivity contribution in [3.8, 4) is 17.3 Å². The molecule has 0 fully saturated rings. The number of para-hydroxylation sites is 1. The smallest absolute Gasteiger partial charge is 0.340 e. The van der Waals surface area contributed by atoms with Crippen molar-refractivity contribution in [1.29, 1.82) is 5.26 Å². The first-order valence-corrected chi connectivity index (χ1v) is 9.75. The topological polar surface area (TPSA) is 118 Å². The second-order valence-corrected chi connectivity index (χ2v) is 6.78. The lowest BCUT2D eigenvalue weighted by Gasteiger charge is -2.08. The largest absolute Gasteiger partial charge is 0.462 e. The van der Waals surface area contributed by atoms with Crippen LogP contribution in [-0.2, 0) is 4.74 Å². The number of aromatic nitrogens is 1. The van der Waals surface area contributed by atoms with Gasteiger partial charge in [0.05, 0.1) is 28.5 Å². The molecule has 9 heteroatoms. The van der Waals surface area contributed by atoms with E-state index in [2.05, 4.69) is 16.4 Å². The number of nitriles is 1. The van der Waals surface area contributed by atoms with E-state index >= 15 is 0 Å². The number of anilines is 1. The van der Waals surface area contributed by atoms with Gasteiger partial charge in [-0.3, -0.25) is 10.1 Å². The summed E-state index contributed by atoms with van der Waals surface area (Å²) in [5.41, 5.74) is 2.47. The second kappa shape index (κ2) is 9.45. The predicted molar refractivity (Wildman–Crippen MR) is 114 cm³/mol. The maximum atomic E-state index is 12.1. The number of allylic oxidation sites excluding steroid dienone is 1. The van der Waals surface area contributed by atoms with Gasteiger partial charge >= 0.3 is 5.97 Å². The van der Waals surface area contributed by atoms with Crippen molar-refractivity contribution >= 4 is 34.3 Å². The number of hydrogen-bond donors (Lipinski definition) is 1. The number of nitrogens with zero attached hydrogens (tertiary/aromatic N) is 3. The van der Waals surface area contributed by atoms with Crippen molar-refractivity contribution < 1.29 is 14.5 Å². The molecule has 1 aromatic heterocycles. The molecule has 8 nitrogen and oxygen atoms in total. The fourth-order valence-electron chi connectivity index (χ4n) is 2.57. The van der Waals surface area contributed by atoms with E-state index in [0.29, 0.717) is 27.5 Å². The Kier molecular flexibility index (Phi) is 6.52. The standard InChI is InChI=1S/C21H16N4O4S/c1-2-29-21(26)17-5-3-4-6-18(17)23-12-15(11-22)20-24-19(13-30-20)14-7-9-16(10-8-14)25(27)28/h3-10,12-13,23H,2H2,1H3/b15-12+. The number of ether oxygens (including phenoxy) is 1. The number of benzene rings is 2. The quantitative estimate of drug-likeness (QED) is 0.251. The van der Waals surface area contributed by atoms with Crippen LogP contribution in [0.2, 0.25) is 0 Å². The minimum Gasteiger partial charge on any atom is -0.462 e. The molecule has 0 atom stereocenters. The molecule has 30 heavy (non-hydrogen) atoms. The first-order valence-electron chi connectivity index (χ1n) is 8.87. The number of rotatable bonds is 7. The lowest BCUT2D eigenvalue weighted by Crippen LogP contribution is -2.07. The van der Waals surface area contributed by atoms with E-state index in [4.69, 9.17) is 4.74 Å². The molecule has 1 heterocycles. The van der Waals surface area contributed by atoms with E-state index in [1.165, 1.54) is 29.7 Å². The van der Waals surface area contributed by atoms with Crippen LogP contribution in [0, 0.1) is 21.4 Å². The summed E-state index contributed by atoms with van der Waals surface area (Å²) in [7, 11) is 0. The summed E-state index contributed by atoms with van der Waals surface area (Å²) in [4.78, 5) is 26.8. The molecule has 0 aliphatic rings. The Morgan fingerprint density at radius 3 is 2.70 bits per heavy atom. The monoisotopic (exact) mass is 420 g/mol. The number of nitro groups is 1. The van der Waals surface area contributed by atoms with Crippen LogP contribution in [-0.4, -0.2) is 22.5 Å². The zero-order chi connectivity index (χ0) is 21.5. The van der Waals surface area contributed by atoms with E-state index < -0.39 is 10.9 Å². The SMILES string of the molecule is CCOC(=O)c1ccccc1N/C=C(\C#N)c1nc(-c2ccc([N+](=O)[O-])cc2)cs1. The molecule has 0 aliphatic carbocycles. The second-order valence-electron chi connectivity index (χ2n) is 5.92. The van der Waals surface area contributed by atoms with E-state index in [1.807, 2.05) is 0 Å². The minimum absolute atomic E-state index is 0.00345. The lowest BCUT2D eigenvalue weighted by atomic mass is 10.1. The molecule has 0 saturated carbocycles. The molecule has 3 aromatic rings. The normalized spacial score (nSPS) is 10.9. The van der Waals surface area contributed by atoms with Crippen molar-refractivity contribution in [2.45, 2.75) is 6.92 Å². The van der Waals surface area contributed by atoms with Crippen molar-refractivity contribution in [2.75, 3.05) is 11.9 Å². The number of nitro benzene ring substituents is 1. The van der Waals surface area contributed by atoms with Gasteiger partial charge in [0.1, 0.15) is 16.6 Å². The summed E-state index contributed by atoms with van der Waals surface area (Å²) in [6, 6.07) is 15.0. The van der Waals surface area contributed by atoms with Gasteiger partial charge in [0.2, 0.25) is 0 Å². The number of carbonyl (C=O) groups is 1. The highest BCUT2D eigenvalue weighted by Gasteiger charge is 2.13. The minimum atomic E-state index is -0.466. The van der Waals surface area contributed by atoms with Crippen LogP contribution in [0.25, 0.3) is 16.8 Å². The summed E-state index contributed by atoms with van der Waals surface area (Å²) >= 11 is 1.27. The highest BCUT2D eigenvalue weighted by molar-refractivity contribution is 7.11. The number of nitrogens with one attached hydrogen (secondary N) is 1. The Labute approximate surface area is 176 Å². The number of esters is 1. The Morgan fingerprint density at radius 1 is 1.30 bits per heavy atom. The van der Waals surface area contributed by atoms with Crippen LogP contribution in [0.1, 0.15) is 22.3 Å². The van der Waals surface area contributed by atoms with Gasteiger partial charge in [-0.1, -0.05) is 12.1 Å². The third kappa shape index (κ3) is 4.68. The highest BCUT2D eigenvalue weighted by atomic mass is 32.1. The zero-order valence-corrected chi connectivity index (χ0v) is 16.7. The first kappa shape index (κ1) is 20.7. The predicted octanol–water partition coefficient (Wildman–Crippen LogP) is 4.87. The zero-order valence-electron chi connectivity index (χ0n) is 15.9. The molecule has 0 aliphatic heterocycles. The Morgan fingerprint density at radius 2 is 2.03 bits per heavy atom. The molecule has 3 rings (SSSR count). The Bertz CT molecular complexity index is 1150. The van der Waals surface area contributed by atoms with Crippen LogP contribution >= 0.6 is 11.3 Å². The maximum Gasteiger partial charge on any atom is 0.340 e. The van der Waals surface area contributed by atoms with Gasteiger partial charge in [-0.25, -0.2) is 9.78 Å². The number of carbonyl (C=O) groups excluding carboxylic acids is 1. The van der Waals surface area contributed by atoms with Gasteiger partial charge in [-0.05, 0) is 31.2 Å². The highest BCUT2D eigenvalue weighted by Crippen LogP contribution is 2.27. The van der Waals surface area contributed by atoms with Crippen LogP contribution < -0.4 is 5.32 Å². The van der Waals surface area contributed by atoms with E-state index in [9.17, 15) is 20.2 Å². The molecular weight excluding hydrogens is 404 g/mol. The molecule has 0 amide bonds. The summed E-state index contributed by atoms with van der Waals surface area (Å²) in [5, 5.41) is 25.6. The first-order chi connectivity index (χ1) is 14.5. The summed E-state index contributed by atoms with van der Waals surface area (Å²) in [6.07, 6.45) is 1.48. The van der Waals surface area contributed by atoms with Crippen molar-refractivity contribution in [3.05, 3.63) is 80.8 Å². The fourth-order valence-corrected chi connectivity index (χ4v) is 3.37. The molecule has 0 bridgehead atoms. The molecule has 0 unspecified atom stereocenters. The summed E-state index contributed by atoms with van der Waals surface area (Å²) in [5.74, 6) is -0.456. The molecule has 0 saturated heterocycles. The summed E-state index contributed by atoms with van der Waals surface area (Å²) in [6.45, 7) is 1.99. The third-order valence-electron chi connectivity index (χ3n) is 4.02. The molecule has 2 aromatic carbocycles. The average Bonchev–Trinajstić information content (AvgIpc) is 3.25. The van der Waals surface area contributed by atoms with Crippen molar-refractivity contribution in [1.82, 2.24) is 4.98 Å². The summed E-state index contributed by atoms with van der Waals surface area (Å²) < 4.78 is 5.04. The van der Waals surface area contributed by atoms with Crippen LogP contribution in [0.4, 0.5) is 11.4 Å². The van der Waals surface area contributed by atoms with Gasteiger partial charge in [0.15, 0.2) is 0 Å². The van der Waals surface area contributed by atoms with E-state index in [1.54, 1.807) is 48.7 Å². The third-order valence-corrected chi connectivity index (χ3v) is 4.90. The number of hydrogen-bond acceptors (Lipinski definition) is 8. The number of non-ortho nitro benzene ring substituents is 1. The fraction of sp³-hybridized carbons (Fsp3) is 0.0952. The van der Waals surface area contributed by atoms with Crippen molar-refractivity contribution in [3.63, 3.8) is 0 Å². The van der Waals surface area contributed by atoms with Gasteiger partial charge < -0.3 is 10.1 Å². The van der Waals surface area contributed by atoms with Crippen LogP contribution in [0.3, 0.4) is 0 Å². The Hall–Kier alpha value is -4.03. The van der Waals surface area contributed by atoms with Gasteiger partial charge in [-0.2, -0.15) is 5.26 Å². The van der Waals surface area contributed by atoms with Gasteiger partial charge in [-0.15, -0.1) is 11.3 Å². The molecule has 1 N–H and O–H groups in total. The molecule has 0 spiro atoms. The average molecular weight is 420 g/mol. The molecule has 0 radical (unpaired) electrons. The van der Waals surface area contributed by atoms with Crippen molar-refractivity contribution in [2.24, 2.45) is 0 Å². The maximum absolute atomic E-state index is 12.1. The van der Waals surface area contributed by atoms with Crippen LogP contribution in [0.5, 0.6) is 0 Å². The van der Waals surface area contributed by atoms with Gasteiger partial charge in [0, 0.05) is 29.3 Å². The van der Waals surface area contributed by atoms with E-state index in [-0.39, 0.29) is 17.9 Å². The van der Waals surface area contributed by atoms with Gasteiger partial charge in [0.25, 0.3) is 5.69 Å². The molecular formula is C21H16N4O4S. The lowest BCUT2D eigenvalue weighted by molar-refractivity contribution is -0.384. The van der Waals surface area contributed by atoms with E-state index in [0.717, 1.165) is 0 Å². The Balaban J connectivity index is 1.82. The van der Waals surface area contributed by atoms with Crippen LogP contribution in [0.15, 0.2) is 60.1 Å². The number of thiazole rings is 1. The molecule has 150 valence electrons.